The molecule has 29 heavy (non-hydrogen) atoms. The topological polar surface area (TPSA) is 39.9 Å². The number of halogens is 2. The number of ether oxygens (including phenoxy) is 1. The summed E-state index contributed by atoms with van der Waals surface area (Å²) in [5.41, 5.74) is 1.88. The molecule has 0 saturated heterocycles. The Bertz CT molecular complexity index is 1090. The molecule has 0 amide bonds. The van der Waals surface area contributed by atoms with E-state index in [2.05, 4.69) is 10.2 Å². The van der Waals surface area contributed by atoms with E-state index in [9.17, 15) is 4.39 Å². The largest absolute Gasteiger partial charge is 0.490 e. The molecular weight excluding hydrogens is 409 g/mol. The molecule has 1 heterocycles. The van der Waals surface area contributed by atoms with Gasteiger partial charge in [0.25, 0.3) is 0 Å². The van der Waals surface area contributed by atoms with Gasteiger partial charge in [-0.05, 0) is 48.5 Å². The van der Waals surface area contributed by atoms with Crippen LogP contribution in [0.1, 0.15) is 0 Å². The summed E-state index contributed by atoms with van der Waals surface area (Å²) in [6, 6.07) is 23.8. The number of para-hydroxylation sites is 2. The van der Waals surface area contributed by atoms with Crippen LogP contribution in [0.5, 0.6) is 5.75 Å². The molecule has 4 aromatic rings. The van der Waals surface area contributed by atoms with Gasteiger partial charge in [-0.1, -0.05) is 53.7 Å². The minimum Gasteiger partial charge on any atom is -0.490 e. The zero-order chi connectivity index (χ0) is 20.1. The van der Waals surface area contributed by atoms with E-state index in [-0.39, 0.29) is 11.6 Å². The molecule has 0 aliphatic heterocycles. The summed E-state index contributed by atoms with van der Waals surface area (Å²) in [5, 5.41) is 10.2. The van der Waals surface area contributed by atoms with Gasteiger partial charge in [-0.15, -0.1) is 10.2 Å². The molecule has 0 spiro atoms. The Kier molecular flexibility index (Phi) is 6.12. The predicted octanol–water partition coefficient (Wildman–Crippen LogP) is 5.90. The molecule has 0 atom stereocenters. The van der Waals surface area contributed by atoms with Crippen LogP contribution in [-0.4, -0.2) is 27.1 Å². The van der Waals surface area contributed by atoms with Gasteiger partial charge in [0.05, 0.1) is 6.61 Å². The summed E-state index contributed by atoms with van der Waals surface area (Å²) in [7, 11) is 0. The fourth-order valence-electron chi connectivity index (χ4n) is 2.81. The van der Waals surface area contributed by atoms with Gasteiger partial charge >= 0.3 is 0 Å². The Morgan fingerprint density at radius 3 is 2.38 bits per heavy atom. The van der Waals surface area contributed by atoms with Crippen LogP contribution < -0.4 is 4.74 Å². The van der Waals surface area contributed by atoms with Crippen LogP contribution in [-0.2, 0) is 0 Å². The second kappa shape index (κ2) is 9.11. The highest BCUT2D eigenvalue weighted by molar-refractivity contribution is 7.99. The lowest BCUT2D eigenvalue weighted by atomic mass is 10.2. The molecule has 3 aromatic carbocycles. The van der Waals surface area contributed by atoms with Crippen LogP contribution in [0, 0.1) is 5.82 Å². The second-order valence-electron chi connectivity index (χ2n) is 6.11. The number of hydrogen-bond donors (Lipinski definition) is 0. The lowest BCUT2D eigenvalue weighted by molar-refractivity contribution is 0.325. The summed E-state index contributed by atoms with van der Waals surface area (Å²) in [6.07, 6.45) is 0. The second-order valence-corrected chi connectivity index (χ2v) is 7.61. The van der Waals surface area contributed by atoms with E-state index in [4.69, 9.17) is 16.3 Å². The first-order valence-electron chi connectivity index (χ1n) is 8.99. The Morgan fingerprint density at radius 1 is 0.897 bits per heavy atom. The minimum atomic E-state index is -0.366. The number of thioether (sulfide) groups is 1. The zero-order valence-corrected chi connectivity index (χ0v) is 16.9. The lowest BCUT2D eigenvalue weighted by Crippen LogP contribution is -2.04. The summed E-state index contributed by atoms with van der Waals surface area (Å²) in [5.74, 6) is 1.21. The first-order chi connectivity index (χ1) is 14.2. The van der Waals surface area contributed by atoms with E-state index in [1.807, 2.05) is 59.2 Å². The van der Waals surface area contributed by atoms with E-state index in [0.29, 0.717) is 17.4 Å². The molecule has 4 nitrogen and oxygen atoms in total. The van der Waals surface area contributed by atoms with Gasteiger partial charge in [-0.3, -0.25) is 4.57 Å². The van der Waals surface area contributed by atoms with Gasteiger partial charge in [0, 0.05) is 22.0 Å². The van der Waals surface area contributed by atoms with Crippen molar-refractivity contribution in [3.63, 3.8) is 0 Å². The van der Waals surface area contributed by atoms with Gasteiger partial charge in [0.2, 0.25) is 0 Å². The third kappa shape index (κ3) is 4.60. The van der Waals surface area contributed by atoms with Crippen LogP contribution >= 0.6 is 23.4 Å². The smallest absolute Gasteiger partial charge is 0.196 e. The summed E-state index contributed by atoms with van der Waals surface area (Å²) >= 11 is 7.52. The third-order valence-corrected chi connectivity index (χ3v) is 5.30. The fourth-order valence-corrected chi connectivity index (χ4v) is 3.70. The first-order valence-corrected chi connectivity index (χ1v) is 10.4. The van der Waals surface area contributed by atoms with E-state index < -0.39 is 0 Å². The monoisotopic (exact) mass is 425 g/mol. The molecule has 0 aliphatic rings. The van der Waals surface area contributed by atoms with E-state index in [0.717, 1.165) is 22.2 Å². The maximum absolute atomic E-state index is 13.7. The van der Waals surface area contributed by atoms with E-state index >= 15 is 0 Å². The minimum absolute atomic E-state index is 0.250. The van der Waals surface area contributed by atoms with Gasteiger partial charge < -0.3 is 4.74 Å². The van der Waals surface area contributed by atoms with Crippen molar-refractivity contribution in [3.8, 4) is 22.8 Å². The average Bonchev–Trinajstić information content (AvgIpc) is 3.17. The average molecular weight is 426 g/mol. The first kappa shape index (κ1) is 19.5. The van der Waals surface area contributed by atoms with Crippen molar-refractivity contribution >= 4 is 23.4 Å². The van der Waals surface area contributed by atoms with Crippen LogP contribution in [0.15, 0.2) is 84.0 Å². The molecule has 146 valence electrons. The van der Waals surface area contributed by atoms with E-state index in [1.54, 1.807) is 18.2 Å². The molecule has 0 bridgehead atoms. The maximum Gasteiger partial charge on any atom is 0.196 e. The SMILES string of the molecule is Fc1ccccc1OCCSc1nnc(-c2ccc(Cl)cc2)n1-c1ccccc1. The van der Waals surface area contributed by atoms with Gasteiger partial charge in [0.1, 0.15) is 0 Å². The summed E-state index contributed by atoms with van der Waals surface area (Å²) in [6.45, 7) is 0.351. The number of rotatable bonds is 7. The van der Waals surface area contributed by atoms with Crippen molar-refractivity contribution in [2.45, 2.75) is 5.16 Å². The Labute approximate surface area is 177 Å². The maximum atomic E-state index is 13.7. The number of nitrogens with zero attached hydrogens (tertiary/aromatic N) is 3. The number of hydrogen-bond acceptors (Lipinski definition) is 4. The number of aromatic nitrogens is 3. The van der Waals surface area contributed by atoms with Crippen molar-refractivity contribution in [3.05, 3.63) is 89.7 Å². The van der Waals surface area contributed by atoms with Gasteiger partial charge in [-0.2, -0.15) is 0 Å². The fraction of sp³-hybridized carbons (Fsp3) is 0.0909. The predicted molar refractivity (Wildman–Crippen MR) is 114 cm³/mol. The summed E-state index contributed by atoms with van der Waals surface area (Å²) < 4.78 is 21.2. The normalized spacial score (nSPS) is 10.8. The molecule has 0 saturated carbocycles. The molecule has 0 radical (unpaired) electrons. The van der Waals surface area contributed by atoms with Crippen LogP contribution in [0.4, 0.5) is 4.39 Å². The molecule has 0 aliphatic carbocycles. The van der Waals surface area contributed by atoms with Crippen LogP contribution in [0.2, 0.25) is 5.02 Å². The quantitative estimate of drug-likeness (QED) is 0.273. The standard InChI is InChI=1S/C22H17ClFN3OS/c23-17-12-10-16(11-13-17)21-25-26-22(27(21)18-6-2-1-3-7-18)29-15-14-28-20-9-5-4-8-19(20)24/h1-13H,14-15H2. The van der Waals surface area contributed by atoms with Crippen molar-refractivity contribution in [2.75, 3.05) is 12.4 Å². The highest BCUT2D eigenvalue weighted by atomic mass is 35.5. The van der Waals surface area contributed by atoms with Crippen molar-refractivity contribution in [2.24, 2.45) is 0 Å². The summed E-state index contributed by atoms with van der Waals surface area (Å²) in [4.78, 5) is 0. The number of benzene rings is 3. The van der Waals surface area contributed by atoms with Crippen molar-refractivity contribution < 1.29 is 9.13 Å². The van der Waals surface area contributed by atoms with Gasteiger partial charge in [-0.25, -0.2) is 4.39 Å². The molecule has 7 heteroatoms. The molecule has 0 N–H and O–H groups in total. The molecule has 0 unspecified atom stereocenters. The third-order valence-electron chi connectivity index (χ3n) is 4.16. The zero-order valence-electron chi connectivity index (χ0n) is 15.3. The van der Waals surface area contributed by atoms with Crippen molar-refractivity contribution in [1.29, 1.82) is 0 Å². The Balaban J connectivity index is 1.55. The highest BCUT2D eigenvalue weighted by Crippen LogP contribution is 2.28. The Hall–Kier alpha value is -2.83. The molecule has 4 rings (SSSR count). The van der Waals surface area contributed by atoms with Gasteiger partial charge in [0.15, 0.2) is 22.5 Å². The molecular formula is C22H17ClFN3OS. The van der Waals surface area contributed by atoms with Crippen LogP contribution in [0.25, 0.3) is 17.1 Å². The van der Waals surface area contributed by atoms with Crippen molar-refractivity contribution in [1.82, 2.24) is 14.8 Å². The van der Waals surface area contributed by atoms with Crippen LogP contribution in [0.3, 0.4) is 0 Å². The van der Waals surface area contributed by atoms with E-state index in [1.165, 1.54) is 17.8 Å². The molecule has 0 fully saturated rings. The lowest BCUT2D eigenvalue weighted by Gasteiger charge is -2.11. The highest BCUT2D eigenvalue weighted by Gasteiger charge is 2.16. The Morgan fingerprint density at radius 2 is 1.62 bits per heavy atom. The molecule has 1 aromatic heterocycles.